The zero-order valence-electron chi connectivity index (χ0n) is 14.2. The van der Waals surface area contributed by atoms with Gasteiger partial charge in [-0.1, -0.05) is 19.1 Å². The minimum Gasteiger partial charge on any atom is -0.496 e. The molecule has 0 bridgehead atoms. The molecule has 3 nitrogen and oxygen atoms in total. The van der Waals surface area contributed by atoms with Gasteiger partial charge in [0.15, 0.2) is 0 Å². The molecule has 0 fully saturated rings. The Morgan fingerprint density at radius 3 is 2.78 bits per heavy atom. The van der Waals surface area contributed by atoms with E-state index in [1.165, 1.54) is 29.5 Å². The lowest BCUT2D eigenvalue weighted by molar-refractivity contribution is 0.170. The van der Waals surface area contributed by atoms with Gasteiger partial charge in [0.2, 0.25) is 0 Å². The van der Waals surface area contributed by atoms with Crippen LogP contribution in [-0.4, -0.2) is 29.6 Å². The minimum absolute atomic E-state index is 0.590. The highest BCUT2D eigenvalue weighted by molar-refractivity contribution is 5.42. The van der Waals surface area contributed by atoms with Crippen LogP contribution in [0.3, 0.4) is 0 Å². The molecule has 122 valence electrons. The average Bonchev–Trinajstić information content (AvgIpc) is 2.61. The van der Waals surface area contributed by atoms with E-state index in [1.54, 1.807) is 7.11 Å². The van der Waals surface area contributed by atoms with Crippen molar-refractivity contribution in [1.29, 1.82) is 0 Å². The van der Waals surface area contributed by atoms with Crippen LogP contribution in [0.2, 0.25) is 0 Å². The summed E-state index contributed by atoms with van der Waals surface area (Å²) in [4.78, 5) is 6.76. The van der Waals surface area contributed by atoms with E-state index in [-0.39, 0.29) is 0 Å². The lowest BCUT2D eigenvalue weighted by atomic mass is 9.86. The number of hydrogen-bond acceptors (Lipinski definition) is 3. The van der Waals surface area contributed by atoms with Gasteiger partial charge < -0.3 is 4.74 Å². The molecule has 0 amide bonds. The van der Waals surface area contributed by atoms with E-state index in [1.807, 2.05) is 12.4 Å². The molecule has 0 radical (unpaired) electrons. The van der Waals surface area contributed by atoms with Crippen LogP contribution >= 0.6 is 0 Å². The average molecular weight is 310 g/mol. The van der Waals surface area contributed by atoms with E-state index in [0.717, 1.165) is 31.7 Å². The second-order valence-electron chi connectivity index (χ2n) is 6.32. The monoisotopic (exact) mass is 310 g/mol. The first-order valence-corrected chi connectivity index (χ1v) is 8.59. The van der Waals surface area contributed by atoms with Crippen LogP contribution < -0.4 is 4.74 Å². The van der Waals surface area contributed by atoms with Gasteiger partial charge in [-0.3, -0.25) is 9.88 Å². The first-order valence-electron chi connectivity index (χ1n) is 8.59. The Morgan fingerprint density at radius 2 is 2.04 bits per heavy atom. The molecule has 0 spiro atoms. The summed E-state index contributed by atoms with van der Waals surface area (Å²) in [6, 6.07) is 11.3. The Labute approximate surface area is 139 Å². The van der Waals surface area contributed by atoms with Gasteiger partial charge in [-0.05, 0) is 67.1 Å². The molecule has 1 aromatic heterocycles. The molecule has 1 aromatic carbocycles. The molecule has 1 aliphatic carbocycles. The molecule has 0 saturated heterocycles. The second kappa shape index (κ2) is 7.60. The zero-order chi connectivity index (χ0) is 16.1. The number of nitrogens with zero attached hydrogens (tertiary/aromatic N) is 2. The first-order chi connectivity index (χ1) is 11.3. The molecule has 3 rings (SSSR count). The van der Waals surface area contributed by atoms with Gasteiger partial charge in [0.25, 0.3) is 0 Å². The number of rotatable bonds is 6. The van der Waals surface area contributed by atoms with Gasteiger partial charge in [0, 0.05) is 25.0 Å². The summed E-state index contributed by atoms with van der Waals surface area (Å²) in [5, 5.41) is 0. The number of hydrogen-bond donors (Lipinski definition) is 0. The molecular formula is C20H26N2O. The lowest BCUT2D eigenvalue weighted by Gasteiger charge is -2.35. The van der Waals surface area contributed by atoms with Crippen molar-refractivity contribution in [3.05, 3.63) is 59.4 Å². The van der Waals surface area contributed by atoms with Crippen LogP contribution in [0.5, 0.6) is 5.75 Å². The third-order valence-corrected chi connectivity index (χ3v) is 4.80. The Balaban J connectivity index is 1.78. The number of fused-ring (bicyclic) bond motifs is 1. The standard InChI is InChI=1S/C20H26N2O/c1-3-13-22(15-16-9-11-21-12-10-16)18-8-7-17-5-4-6-20(23-2)19(17)14-18/h4-6,9-12,18H,3,7-8,13-15H2,1-2H3/t18-/m1/s1. The number of aryl methyl sites for hydroxylation is 1. The molecular weight excluding hydrogens is 284 g/mol. The fourth-order valence-corrected chi connectivity index (χ4v) is 3.64. The van der Waals surface area contributed by atoms with Crippen LogP contribution in [0.15, 0.2) is 42.7 Å². The summed E-state index contributed by atoms with van der Waals surface area (Å²) < 4.78 is 5.59. The topological polar surface area (TPSA) is 25.4 Å². The van der Waals surface area contributed by atoms with E-state index in [4.69, 9.17) is 4.74 Å². The summed E-state index contributed by atoms with van der Waals surface area (Å²) in [6.07, 6.45) is 8.42. The second-order valence-corrected chi connectivity index (χ2v) is 6.32. The normalized spacial score (nSPS) is 17.1. The summed E-state index contributed by atoms with van der Waals surface area (Å²) in [5.74, 6) is 1.05. The van der Waals surface area contributed by atoms with E-state index >= 15 is 0 Å². The van der Waals surface area contributed by atoms with Crippen molar-refractivity contribution < 1.29 is 4.74 Å². The van der Waals surface area contributed by atoms with Crippen molar-refractivity contribution >= 4 is 0 Å². The number of methoxy groups -OCH3 is 1. The van der Waals surface area contributed by atoms with Crippen molar-refractivity contribution in [3.8, 4) is 5.75 Å². The highest BCUT2D eigenvalue weighted by atomic mass is 16.5. The van der Waals surface area contributed by atoms with Crippen molar-refractivity contribution in [1.82, 2.24) is 9.88 Å². The van der Waals surface area contributed by atoms with Crippen LogP contribution in [0.4, 0.5) is 0 Å². The van der Waals surface area contributed by atoms with Gasteiger partial charge in [0.05, 0.1) is 7.11 Å². The third-order valence-electron chi connectivity index (χ3n) is 4.80. The molecule has 1 aliphatic rings. The third kappa shape index (κ3) is 3.73. The predicted molar refractivity (Wildman–Crippen MR) is 93.7 cm³/mol. The Bertz CT molecular complexity index is 613. The van der Waals surface area contributed by atoms with E-state index < -0.39 is 0 Å². The van der Waals surface area contributed by atoms with Gasteiger partial charge in [-0.15, -0.1) is 0 Å². The maximum atomic E-state index is 5.59. The van der Waals surface area contributed by atoms with Crippen molar-refractivity contribution in [3.63, 3.8) is 0 Å². The SMILES string of the molecule is CCCN(Cc1ccncc1)[C@@H]1CCc2cccc(OC)c2C1. The van der Waals surface area contributed by atoms with E-state index in [2.05, 4.69) is 47.1 Å². The van der Waals surface area contributed by atoms with Gasteiger partial charge in [-0.25, -0.2) is 0 Å². The predicted octanol–water partition coefficient (Wildman–Crippen LogP) is 3.86. The number of ether oxygens (including phenoxy) is 1. The molecule has 2 aromatic rings. The molecule has 23 heavy (non-hydrogen) atoms. The summed E-state index contributed by atoms with van der Waals surface area (Å²) in [5.41, 5.74) is 4.21. The molecule has 0 saturated carbocycles. The van der Waals surface area contributed by atoms with Gasteiger partial charge >= 0.3 is 0 Å². The fraction of sp³-hybridized carbons (Fsp3) is 0.450. The van der Waals surface area contributed by atoms with Crippen LogP contribution in [0.25, 0.3) is 0 Å². The first kappa shape index (κ1) is 16.0. The van der Waals surface area contributed by atoms with Crippen LogP contribution in [-0.2, 0) is 19.4 Å². The Morgan fingerprint density at radius 1 is 1.22 bits per heavy atom. The van der Waals surface area contributed by atoms with Crippen molar-refractivity contribution in [2.75, 3.05) is 13.7 Å². The number of benzene rings is 1. The smallest absolute Gasteiger partial charge is 0.122 e. The molecule has 1 atom stereocenters. The molecule has 0 N–H and O–H groups in total. The quantitative estimate of drug-likeness (QED) is 0.810. The van der Waals surface area contributed by atoms with E-state index in [9.17, 15) is 0 Å². The van der Waals surface area contributed by atoms with Crippen LogP contribution in [0.1, 0.15) is 36.5 Å². The van der Waals surface area contributed by atoms with Gasteiger partial charge in [-0.2, -0.15) is 0 Å². The van der Waals surface area contributed by atoms with E-state index in [0.29, 0.717) is 6.04 Å². The zero-order valence-corrected chi connectivity index (χ0v) is 14.2. The Hall–Kier alpha value is -1.87. The fourth-order valence-electron chi connectivity index (χ4n) is 3.64. The minimum atomic E-state index is 0.590. The molecule has 1 heterocycles. The van der Waals surface area contributed by atoms with Crippen molar-refractivity contribution in [2.45, 2.75) is 45.2 Å². The molecule has 0 aliphatic heterocycles. The number of aromatic nitrogens is 1. The van der Waals surface area contributed by atoms with Gasteiger partial charge in [0.1, 0.15) is 5.75 Å². The maximum absolute atomic E-state index is 5.59. The van der Waals surface area contributed by atoms with Crippen molar-refractivity contribution in [2.24, 2.45) is 0 Å². The number of pyridine rings is 1. The lowest BCUT2D eigenvalue weighted by Crippen LogP contribution is -2.39. The molecule has 0 unspecified atom stereocenters. The summed E-state index contributed by atoms with van der Waals surface area (Å²) in [7, 11) is 1.78. The summed E-state index contributed by atoms with van der Waals surface area (Å²) >= 11 is 0. The molecule has 3 heteroatoms. The van der Waals surface area contributed by atoms with Crippen LogP contribution in [0, 0.1) is 0 Å². The highest BCUT2D eigenvalue weighted by Gasteiger charge is 2.25. The maximum Gasteiger partial charge on any atom is 0.122 e. The highest BCUT2D eigenvalue weighted by Crippen LogP contribution is 2.32. The largest absolute Gasteiger partial charge is 0.496 e. The summed E-state index contributed by atoms with van der Waals surface area (Å²) in [6.45, 7) is 4.40. The Kier molecular flexibility index (Phi) is 5.29.